The van der Waals surface area contributed by atoms with E-state index in [2.05, 4.69) is 49.1 Å². The van der Waals surface area contributed by atoms with Crippen LogP contribution in [-0.4, -0.2) is 15.0 Å². The van der Waals surface area contributed by atoms with Crippen LogP contribution in [0.25, 0.3) is 22.2 Å². The standard InChI is InChI=1S/C15H12BrN3/c16-11-7-12-13(9-3-5-17-6-4-9)14(10-1-2-10)19-15(12)18-8-11/h3-8,10H,1-2H2,(H,18,19). The fourth-order valence-electron chi connectivity index (χ4n) is 2.57. The molecule has 3 nitrogen and oxygen atoms in total. The molecule has 4 rings (SSSR count). The van der Waals surface area contributed by atoms with E-state index in [4.69, 9.17) is 0 Å². The van der Waals surface area contributed by atoms with E-state index in [9.17, 15) is 0 Å². The molecule has 4 heteroatoms. The van der Waals surface area contributed by atoms with Crippen molar-refractivity contribution < 1.29 is 0 Å². The third-order valence-corrected chi connectivity index (χ3v) is 4.03. The van der Waals surface area contributed by atoms with Gasteiger partial charge in [0.05, 0.1) is 0 Å². The molecule has 3 heterocycles. The maximum atomic E-state index is 4.48. The predicted molar refractivity (Wildman–Crippen MR) is 79.0 cm³/mol. The average Bonchev–Trinajstić information content (AvgIpc) is 3.21. The first-order chi connectivity index (χ1) is 9.33. The molecule has 0 atom stereocenters. The lowest BCUT2D eigenvalue weighted by Gasteiger charge is -2.03. The number of rotatable bonds is 2. The van der Waals surface area contributed by atoms with Gasteiger partial charge in [-0.25, -0.2) is 4.98 Å². The summed E-state index contributed by atoms with van der Waals surface area (Å²) in [5.41, 5.74) is 4.79. The zero-order valence-corrected chi connectivity index (χ0v) is 11.8. The van der Waals surface area contributed by atoms with Gasteiger partial charge in [0.2, 0.25) is 0 Å². The molecular formula is C15H12BrN3. The Morgan fingerprint density at radius 2 is 2.00 bits per heavy atom. The summed E-state index contributed by atoms with van der Waals surface area (Å²) in [5.74, 6) is 0.663. The lowest BCUT2D eigenvalue weighted by molar-refractivity contribution is 1.06. The monoisotopic (exact) mass is 313 g/mol. The van der Waals surface area contributed by atoms with Crippen molar-refractivity contribution in [3.63, 3.8) is 0 Å². The summed E-state index contributed by atoms with van der Waals surface area (Å²) in [6, 6.07) is 6.27. The molecule has 1 aliphatic rings. The predicted octanol–water partition coefficient (Wildman–Crippen LogP) is 4.26. The number of fused-ring (bicyclic) bond motifs is 1. The fourth-order valence-corrected chi connectivity index (χ4v) is 2.90. The number of aromatic amines is 1. The van der Waals surface area contributed by atoms with Crippen LogP contribution in [0, 0.1) is 0 Å². The minimum Gasteiger partial charge on any atom is -0.342 e. The van der Waals surface area contributed by atoms with Crippen LogP contribution in [0.2, 0.25) is 0 Å². The van der Waals surface area contributed by atoms with Gasteiger partial charge in [0.1, 0.15) is 5.65 Å². The van der Waals surface area contributed by atoms with Crippen LogP contribution in [0.15, 0.2) is 41.3 Å². The molecule has 1 fully saturated rings. The van der Waals surface area contributed by atoms with Crippen molar-refractivity contribution in [1.82, 2.24) is 15.0 Å². The second-order valence-corrected chi connectivity index (χ2v) is 5.89. The van der Waals surface area contributed by atoms with Gasteiger partial charge < -0.3 is 4.98 Å². The molecule has 19 heavy (non-hydrogen) atoms. The van der Waals surface area contributed by atoms with Gasteiger partial charge >= 0.3 is 0 Å². The minimum atomic E-state index is 0.663. The van der Waals surface area contributed by atoms with Crippen molar-refractivity contribution in [2.24, 2.45) is 0 Å². The molecule has 0 aromatic carbocycles. The summed E-state index contributed by atoms with van der Waals surface area (Å²) in [7, 11) is 0. The highest BCUT2D eigenvalue weighted by molar-refractivity contribution is 9.10. The number of hydrogen-bond donors (Lipinski definition) is 1. The Morgan fingerprint density at radius 3 is 2.74 bits per heavy atom. The summed E-state index contributed by atoms with van der Waals surface area (Å²) in [6.07, 6.45) is 8.07. The summed E-state index contributed by atoms with van der Waals surface area (Å²) in [6.45, 7) is 0. The van der Waals surface area contributed by atoms with E-state index in [-0.39, 0.29) is 0 Å². The summed E-state index contributed by atoms with van der Waals surface area (Å²) < 4.78 is 1.01. The lowest BCUT2D eigenvalue weighted by atomic mass is 10.0. The van der Waals surface area contributed by atoms with E-state index in [0.29, 0.717) is 5.92 Å². The third kappa shape index (κ3) is 1.87. The van der Waals surface area contributed by atoms with Gasteiger partial charge in [0.15, 0.2) is 0 Å². The molecule has 1 N–H and O–H groups in total. The molecule has 0 bridgehead atoms. The number of pyridine rings is 2. The summed E-state index contributed by atoms with van der Waals surface area (Å²) >= 11 is 3.51. The van der Waals surface area contributed by atoms with E-state index >= 15 is 0 Å². The largest absolute Gasteiger partial charge is 0.342 e. The smallest absolute Gasteiger partial charge is 0.138 e. The van der Waals surface area contributed by atoms with Crippen LogP contribution in [0.4, 0.5) is 0 Å². The highest BCUT2D eigenvalue weighted by Crippen LogP contribution is 2.46. The molecule has 0 spiro atoms. The zero-order chi connectivity index (χ0) is 12.8. The van der Waals surface area contributed by atoms with Gasteiger partial charge in [-0.1, -0.05) is 0 Å². The Hall–Kier alpha value is -1.68. The minimum absolute atomic E-state index is 0.663. The molecule has 0 aliphatic heterocycles. The van der Waals surface area contributed by atoms with Crippen molar-refractivity contribution in [3.8, 4) is 11.1 Å². The van der Waals surface area contributed by atoms with E-state index in [1.54, 1.807) is 0 Å². The lowest BCUT2D eigenvalue weighted by Crippen LogP contribution is -1.84. The Morgan fingerprint density at radius 1 is 1.21 bits per heavy atom. The molecule has 3 aromatic rings. The molecule has 0 radical (unpaired) electrons. The van der Waals surface area contributed by atoms with Gasteiger partial charge in [-0.2, -0.15) is 0 Å². The number of aromatic nitrogens is 3. The SMILES string of the molecule is Brc1cnc2[nH]c(C3CC3)c(-c3ccncc3)c2c1. The Bertz CT molecular complexity index is 745. The zero-order valence-electron chi connectivity index (χ0n) is 10.2. The van der Waals surface area contributed by atoms with Gasteiger partial charge in [0.25, 0.3) is 0 Å². The molecule has 1 aliphatic carbocycles. The van der Waals surface area contributed by atoms with Crippen LogP contribution >= 0.6 is 15.9 Å². The second-order valence-electron chi connectivity index (χ2n) is 4.97. The van der Waals surface area contributed by atoms with E-state index in [1.165, 1.54) is 35.0 Å². The maximum Gasteiger partial charge on any atom is 0.138 e. The Kier molecular flexibility index (Phi) is 2.45. The van der Waals surface area contributed by atoms with E-state index in [0.717, 1.165) is 10.1 Å². The first-order valence-corrected chi connectivity index (χ1v) is 7.20. The van der Waals surface area contributed by atoms with E-state index in [1.807, 2.05) is 18.6 Å². The van der Waals surface area contributed by atoms with Crippen molar-refractivity contribution in [1.29, 1.82) is 0 Å². The van der Waals surface area contributed by atoms with Crippen LogP contribution in [0.1, 0.15) is 24.5 Å². The number of nitrogens with one attached hydrogen (secondary N) is 1. The van der Waals surface area contributed by atoms with Gasteiger partial charge in [-0.3, -0.25) is 4.98 Å². The molecule has 1 saturated carbocycles. The number of halogens is 1. The van der Waals surface area contributed by atoms with Crippen LogP contribution in [-0.2, 0) is 0 Å². The van der Waals surface area contributed by atoms with Crippen molar-refractivity contribution in [2.75, 3.05) is 0 Å². The first-order valence-electron chi connectivity index (χ1n) is 6.40. The normalized spacial score (nSPS) is 15.0. The highest BCUT2D eigenvalue weighted by Gasteiger charge is 2.29. The third-order valence-electron chi connectivity index (χ3n) is 3.60. The fraction of sp³-hybridized carbons (Fsp3) is 0.200. The van der Waals surface area contributed by atoms with Crippen molar-refractivity contribution in [2.45, 2.75) is 18.8 Å². The maximum absolute atomic E-state index is 4.48. The number of nitrogens with zero attached hydrogens (tertiary/aromatic N) is 2. The molecule has 94 valence electrons. The molecule has 0 unspecified atom stereocenters. The van der Waals surface area contributed by atoms with Crippen LogP contribution in [0.5, 0.6) is 0 Å². The van der Waals surface area contributed by atoms with E-state index < -0.39 is 0 Å². The Labute approximate surface area is 119 Å². The Balaban J connectivity index is 2.05. The highest BCUT2D eigenvalue weighted by atomic mass is 79.9. The topological polar surface area (TPSA) is 41.6 Å². The quantitative estimate of drug-likeness (QED) is 0.767. The van der Waals surface area contributed by atoms with Crippen molar-refractivity contribution in [3.05, 3.63) is 47.0 Å². The van der Waals surface area contributed by atoms with Gasteiger partial charge in [-0.15, -0.1) is 0 Å². The summed E-state index contributed by atoms with van der Waals surface area (Å²) in [4.78, 5) is 12.1. The van der Waals surface area contributed by atoms with Gasteiger partial charge in [-0.05, 0) is 58.5 Å². The van der Waals surface area contributed by atoms with Gasteiger partial charge in [0, 0.05) is 39.7 Å². The first kappa shape index (κ1) is 11.2. The molecule has 0 saturated heterocycles. The number of hydrogen-bond acceptors (Lipinski definition) is 2. The average molecular weight is 314 g/mol. The number of H-pyrrole nitrogens is 1. The summed E-state index contributed by atoms with van der Waals surface area (Å²) in [5, 5.41) is 1.18. The molecular weight excluding hydrogens is 302 g/mol. The second kappa shape index (κ2) is 4.17. The van der Waals surface area contributed by atoms with Crippen molar-refractivity contribution >= 4 is 27.0 Å². The molecule has 3 aromatic heterocycles. The van der Waals surface area contributed by atoms with Crippen LogP contribution in [0.3, 0.4) is 0 Å². The molecule has 0 amide bonds. The van der Waals surface area contributed by atoms with Crippen LogP contribution < -0.4 is 0 Å².